The lowest BCUT2D eigenvalue weighted by atomic mass is 9.91. The Bertz CT molecular complexity index is 784. The number of aliphatic hydroxyl groups excluding tert-OH is 1. The van der Waals surface area contributed by atoms with E-state index in [2.05, 4.69) is 9.97 Å². The Morgan fingerprint density at radius 2 is 2.18 bits per heavy atom. The van der Waals surface area contributed by atoms with Crippen LogP contribution in [0.2, 0.25) is 0 Å². The average Bonchev–Trinajstić information content (AvgIpc) is 2.49. The lowest BCUT2D eigenvalue weighted by Crippen LogP contribution is -2.55. The van der Waals surface area contributed by atoms with Crippen molar-refractivity contribution in [1.82, 2.24) is 14.9 Å². The Kier molecular flexibility index (Phi) is 3.46. The van der Waals surface area contributed by atoms with Crippen molar-refractivity contribution in [3.05, 3.63) is 40.4 Å². The van der Waals surface area contributed by atoms with Crippen LogP contribution in [0.1, 0.15) is 24.0 Å². The number of rotatable bonds is 1. The number of aromatic amines is 1. The topological polar surface area (TPSA) is 107 Å². The molecule has 22 heavy (non-hydrogen) atoms. The molecule has 0 bridgehead atoms. The number of amides is 1. The van der Waals surface area contributed by atoms with Crippen LogP contribution in [0, 0.1) is 0 Å². The van der Waals surface area contributed by atoms with E-state index in [4.69, 9.17) is 0 Å². The second-order valence-corrected chi connectivity index (χ2v) is 5.81. The molecule has 1 aromatic heterocycles. The number of H-pyrrole nitrogens is 1. The largest absolute Gasteiger partial charge is 0.388 e. The number of β-amino-alcohol motifs (C(OH)–C–C–N with tert-alkyl or cyclic N) is 1. The van der Waals surface area contributed by atoms with Crippen LogP contribution >= 0.6 is 0 Å². The zero-order valence-corrected chi connectivity index (χ0v) is 12.1. The molecule has 1 saturated heterocycles. The predicted molar refractivity (Wildman–Crippen MR) is 79.5 cm³/mol. The first-order valence-corrected chi connectivity index (χ1v) is 7.07. The maximum atomic E-state index is 12.5. The Labute approximate surface area is 126 Å². The maximum Gasteiger partial charge on any atom is 0.289 e. The number of fused-ring (bicyclic) bond motifs is 1. The minimum atomic E-state index is -1.21. The minimum Gasteiger partial charge on any atom is -0.388 e. The van der Waals surface area contributed by atoms with Crippen LogP contribution in [0.25, 0.3) is 10.9 Å². The number of aliphatic hydroxyl groups is 2. The fourth-order valence-electron chi connectivity index (χ4n) is 2.55. The van der Waals surface area contributed by atoms with Gasteiger partial charge in [-0.05, 0) is 25.5 Å². The van der Waals surface area contributed by atoms with Gasteiger partial charge in [0.2, 0.25) is 0 Å². The summed E-state index contributed by atoms with van der Waals surface area (Å²) in [5, 5.41) is 20.2. The molecule has 1 aliphatic heterocycles. The third-order valence-electron chi connectivity index (χ3n) is 4.10. The molecule has 116 valence electrons. The molecule has 0 radical (unpaired) electrons. The van der Waals surface area contributed by atoms with E-state index in [1.165, 1.54) is 11.8 Å². The summed E-state index contributed by atoms with van der Waals surface area (Å²) in [6.45, 7) is 1.83. The summed E-state index contributed by atoms with van der Waals surface area (Å²) >= 11 is 0. The first kappa shape index (κ1) is 14.7. The number of nitrogens with zero attached hydrogens (tertiary/aromatic N) is 2. The van der Waals surface area contributed by atoms with Crippen LogP contribution in [0.15, 0.2) is 29.1 Å². The van der Waals surface area contributed by atoms with E-state index in [0.29, 0.717) is 17.4 Å². The average molecular weight is 303 g/mol. The lowest BCUT2D eigenvalue weighted by Gasteiger charge is -2.39. The molecule has 2 heterocycles. The zero-order chi connectivity index (χ0) is 15.9. The van der Waals surface area contributed by atoms with E-state index in [-0.39, 0.29) is 24.3 Å². The van der Waals surface area contributed by atoms with Crippen molar-refractivity contribution >= 4 is 16.8 Å². The van der Waals surface area contributed by atoms with Crippen molar-refractivity contribution in [2.45, 2.75) is 25.0 Å². The molecule has 0 spiro atoms. The number of hydrogen-bond acceptors (Lipinski definition) is 5. The van der Waals surface area contributed by atoms with Crippen LogP contribution < -0.4 is 5.56 Å². The first-order valence-electron chi connectivity index (χ1n) is 7.07. The number of likely N-dealkylation sites (tertiary alicyclic amines) is 1. The number of carbonyl (C=O) groups is 1. The van der Waals surface area contributed by atoms with Crippen molar-refractivity contribution in [2.24, 2.45) is 0 Å². The van der Waals surface area contributed by atoms with Gasteiger partial charge in [0, 0.05) is 13.1 Å². The van der Waals surface area contributed by atoms with Crippen molar-refractivity contribution in [3.63, 3.8) is 0 Å². The highest BCUT2D eigenvalue weighted by molar-refractivity contribution is 5.92. The van der Waals surface area contributed by atoms with E-state index >= 15 is 0 Å². The molecule has 3 rings (SSSR count). The van der Waals surface area contributed by atoms with Crippen LogP contribution in [-0.2, 0) is 0 Å². The summed E-state index contributed by atoms with van der Waals surface area (Å²) < 4.78 is 0. The van der Waals surface area contributed by atoms with Gasteiger partial charge in [-0.25, -0.2) is 4.98 Å². The number of piperidine rings is 1. The molecule has 2 aromatic rings. The minimum absolute atomic E-state index is 0.00235. The summed E-state index contributed by atoms with van der Waals surface area (Å²) in [4.78, 5) is 32.5. The van der Waals surface area contributed by atoms with Crippen LogP contribution in [-0.4, -0.2) is 55.8 Å². The molecule has 1 fully saturated rings. The third kappa shape index (κ3) is 2.49. The SMILES string of the molecule is C[C@]1(O)CCN(C(=O)c2nc3ccccc3c(=O)[nH]2)C[C@@H]1O. The number of nitrogens with one attached hydrogen (secondary N) is 1. The molecular weight excluding hydrogens is 286 g/mol. The maximum absolute atomic E-state index is 12.5. The highest BCUT2D eigenvalue weighted by Gasteiger charge is 2.38. The Morgan fingerprint density at radius 1 is 1.45 bits per heavy atom. The van der Waals surface area contributed by atoms with Crippen LogP contribution in [0.3, 0.4) is 0 Å². The quantitative estimate of drug-likeness (QED) is 0.681. The van der Waals surface area contributed by atoms with Gasteiger partial charge in [0.05, 0.1) is 22.6 Å². The molecular formula is C15H17N3O4. The molecule has 1 aliphatic rings. The number of carbonyl (C=O) groups excluding carboxylic acids is 1. The van der Waals surface area contributed by atoms with E-state index in [0.717, 1.165) is 0 Å². The Hall–Kier alpha value is -2.25. The van der Waals surface area contributed by atoms with Crippen LogP contribution in [0.5, 0.6) is 0 Å². The second-order valence-electron chi connectivity index (χ2n) is 5.81. The Balaban J connectivity index is 1.91. The van der Waals surface area contributed by atoms with Crippen molar-refractivity contribution < 1.29 is 15.0 Å². The summed E-state index contributed by atoms with van der Waals surface area (Å²) in [6, 6.07) is 6.77. The van der Waals surface area contributed by atoms with E-state index in [1.807, 2.05) is 0 Å². The van der Waals surface area contributed by atoms with Gasteiger partial charge in [-0.15, -0.1) is 0 Å². The van der Waals surface area contributed by atoms with Crippen molar-refractivity contribution in [3.8, 4) is 0 Å². The summed E-state index contributed by atoms with van der Waals surface area (Å²) in [5.41, 5.74) is -1.14. The molecule has 1 aromatic carbocycles. The standard InChI is InChI=1S/C15H17N3O4/c1-15(22)6-7-18(8-11(15)19)14(21)12-16-10-5-3-2-4-9(10)13(20)17-12/h2-5,11,19,22H,6-8H2,1H3,(H,16,17,20)/t11-,15-/m0/s1. The zero-order valence-electron chi connectivity index (χ0n) is 12.1. The first-order chi connectivity index (χ1) is 10.4. The van der Waals surface area contributed by atoms with Gasteiger partial charge in [0.25, 0.3) is 11.5 Å². The van der Waals surface area contributed by atoms with Gasteiger partial charge in [-0.1, -0.05) is 12.1 Å². The summed E-state index contributed by atoms with van der Waals surface area (Å²) in [7, 11) is 0. The van der Waals surface area contributed by atoms with E-state index in [9.17, 15) is 19.8 Å². The molecule has 3 N–H and O–H groups in total. The van der Waals surface area contributed by atoms with E-state index < -0.39 is 17.6 Å². The monoisotopic (exact) mass is 303 g/mol. The highest BCUT2D eigenvalue weighted by atomic mass is 16.3. The lowest BCUT2D eigenvalue weighted by molar-refractivity contribution is -0.100. The number of benzene rings is 1. The normalized spacial score (nSPS) is 25.4. The number of aromatic nitrogens is 2. The second kappa shape index (κ2) is 5.19. The van der Waals surface area contributed by atoms with Gasteiger partial charge < -0.3 is 20.1 Å². The molecule has 2 atom stereocenters. The van der Waals surface area contributed by atoms with Crippen LogP contribution in [0.4, 0.5) is 0 Å². The van der Waals surface area contributed by atoms with Gasteiger partial charge >= 0.3 is 0 Å². The fraction of sp³-hybridized carbons (Fsp3) is 0.400. The number of hydrogen-bond donors (Lipinski definition) is 3. The van der Waals surface area contributed by atoms with Crippen molar-refractivity contribution in [2.75, 3.05) is 13.1 Å². The molecule has 0 aliphatic carbocycles. The Morgan fingerprint density at radius 3 is 2.91 bits per heavy atom. The third-order valence-corrected chi connectivity index (χ3v) is 4.10. The van der Waals surface area contributed by atoms with E-state index in [1.54, 1.807) is 24.3 Å². The molecule has 7 heteroatoms. The number of para-hydroxylation sites is 1. The van der Waals surface area contributed by atoms with Gasteiger partial charge in [-0.3, -0.25) is 9.59 Å². The fourth-order valence-corrected chi connectivity index (χ4v) is 2.55. The smallest absolute Gasteiger partial charge is 0.289 e. The highest BCUT2D eigenvalue weighted by Crippen LogP contribution is 2.22. The molecule has 0 unspecified atom stereocenters. The molecule has 7 nitrogen and oxygen atoms in total. The molecule has 1 amide bonds. The molecule has 0 saturated carbocycles. The van der Waals surface area contributed by atoms with Gasteiger partial charge in [0.1, 0.15) is 0 Å². The van der Waals surface area contributed by atoms with Crippen molar-refractivity contribution in [1.29, 1.82) is 0 Å². The van der Waals surface area contributed by atoms with Gasteiger partial charge in [-0.2, -0.15) is 0 Å². The summed E-state index contributed by atoms with van der Waals surface area (Å²) in [5.74, 6) is -0.519. The van der Waals surface area contributed by atoms with Gasteiger partial charge in [0.15, 0.2) is 5.82 Å². The summed E-state index contributed by atoms with van der Waals surface area (Å²) in [6.07, 6.45) is -0.769. The predicted octanol–water partition coefficient (Wildman–Crippen LogP) is -0.119.